The molecule has 0 aromatic heterocycles. The van der Waals surface area contributed by atoms with Gasteiger partial charge >= 0.3 is 5.97 Å². The summed E-state index contributed by atoms with van der Waals surface area (Å²) in [6, 6.07) is 0. The summed E-state index contributed by atoms with van der Waals surface area (Å²) >= 11 is 0. The highest BCUT2D eigenvalue weighted by atomic mass is 16.5. The van der Waals surface area contributed by atoms with Gasteiger partial charge in [-0.05, 0) is 32.6 Å². The molecule has 0 saturated heterocycles. The van der Waals surface area contributed by atoms with Crippen molar-refractivity contribution in [2.45, 2.75) is 71.3 Å². The number of aliphatic hydroxyl groups is 1. The summed E-state index contributed by atoms with van der Waals surface area (Å²) in [5.41, 5.74) is 0.539. The molecule has 106 valence electrons. The van der Waals surface area contributed by atoms with Gasteiger partial charge in [0.1, 0.15) is 0 Å². The first-order valence-electron chi connectivity index (χ1n) is 7.14. The number of carbonyl (C=O) groups excluding carboxylic acids is 1. The quantitative estimate of drug-likeness (QED) is 0.349. The third-order valence-electron chi connectivity index (χ3n) is 2.97. The summed E-state index contributed by atoms with van der Waals surface area (Å²) in [7, 11) is 0. The fourth-order valence-electron chi connectivity index (χ4n) is 1.83. The van der Waals surface area contributed by atoms with Crippen molar-refractivity contribution in [3.05, 3.63) is 12.2 Å². The van der Waals surface area contributed by atoms with Crippen molar-refractivity contribution < 1.29 is 14.6 Å². The standard InChI is InChI=1S/C15H28O3/c1-4-6-7-11-14(16)12-9-8-10-13(3)15(17)18-5-2/h14,16H,3-12H2,1-2H3/t14-/m1/s1. The Labute approximate surface area is 111 Å². The lowest BCUT2D eigenvalue weighted by Gasteiger charge is -2.10. The summed E-state index contributed by atoms with van der Waals surface area (Å²) in [4.78, 5) is 11.3. The zero-order chi connectivity index (χ0) is 13.8. The van der Waals surface area contributed by atoms with Gasteiger partial charge in [0.2, 0.25) is 0 Å². The second-order valence-corrected chi connectivity index (χ2v) is 4.72. The Morgan fingerprint density at radius 1 is 1.17 bits per heavy atom. The van der Waals surface area contributed by atoms with Gasteiger partial charge in [-0.3, -0.25) is 0 Å². The fourth-order valence-corrected chi connectivity index (χ4v) is 1.83. The molecular weight excluding hydrogens is 228 g/mol. The third-order valence-corrected chi connectivity index (χ3v) is 2.97. The summed E-state index contributed by atoms with van der Waals surface area (Å²) in [5, 5.41) is 9.72. The van der Waals surface area contributed by atoms with Crippen LogP contribution in [0.3, 0.4) is 0 Å². The molecule has 0 spiro atoms. The van der Waals surface area contributed by atoms with Crippen LogP contribution in [0.2, 0.25) is 0 Å². The minimum atomic E-state index is -0.291. The number of ether oxygens (including phenoxy) is 1. The first-order valence-corrected chi connectivity index (χ1v) is 7.14. The van der Waals surface area contributed by atoms with E-state index in [0.717, 1.165) is 32.1 Å². The number of rotatable bonds is 11. The Hall–Kier alpha value is -0.830. The van der Waals surface area contributed by atoms with Crippen LogP contribution in [0.5, 0.6) is 0 Å². The number of esters is 1. The molecule has 0 heterocycles. The van der Waals surface area contributed by atoms with Crippen molar-refractivity contribution in [2.24, 2.45) is 0 Å². The summed E-state index contributed by atoms with van der Waals surface area (Å²) in [5.74, 6) is -0.291. The molecule has 3 heteroatoms. The van der Waals surface area contributed by atoms with Crippen LogP contribution in [0.25, 0.3) is 0 Å². The van der Waals surface area contributed by atoms with E-state index < -0.39 is 0 Å². The molecule has 0 aromatic rings. The molecule has 0 aliphatic carbocycles. The summed E-state index contributed by atoms with van der Waals surface area (Å²) < 4.78 is 4.86. The number of carbonyl (C=O) groups is 1. The van der Waals surface area contributed by atoms with Gasteiger partial charge in [-0.25, -0.2) is 4.79 Å². The Kier molecular flexibility index (Phi) is 10.8. The molecule has 0 bridgehead atoms. The minimum absolute atomic E-state index is 0.188. The average Bonchev–Trinajstić information content (AvgIpc) is 2.35. The molecule has 3 nitrogen and oxygen atoms in total. The van der Waals surface area contributed by atoms with Crippen LogP contribution in [-0.4, -0.2) is 23.8 Å². The number of hydrogen-bond acceptors (Lipinski definition) is 3. The van der Waals surface area contributed by atoms with Gasteiger partial charge in [-0.1, -0.05) is 39.2 Å². The van der Waals surface area contributed by atoms with E-state index in [1.165, 1.54) is 12.8 Å². The number of aliphatic hydroxyl groups excluding tert-OH is 1. The highest BCUT2D eigenvalue weighted by Crippen LogP contribution is 2.13. The lowest BCUT2D eigenvalue weighted by atomic mass is 10.0. The predicted octanol–water partition coefficient (Wildman–Crippen LogP) is 3.61. The normalized spacial score (nSPS) is 12.2. The maximum Gasteiger partial charge on any atom is 0.333 e. The predicted molar refractivity (Wildman–Crippen MR) is 74.4 cm³/mol. The van der Waals surface area contributed by atoms with Crippen LogP contribution in [-0.2, 0) is 9.53 Å². The van der Waals surface area contributed by atoms with E-state index in [9.17, 15) is 9.90 Å². The molecule has 0 aliphatic rings. The van der Waals surface area contributed by atoms with Gasteiger partial charge < -0.3 is 9.84 Å². The molecular formula is C15H28O3. The largest absolute Gasteiger partial charge is 0.463 e. The van der Waals surface area contributed by atoms with E-state index in [1.807, 2.05) is 0 Å². The highest BCUT2D eigenvalue weighted by molar-refractivity contribution is 5.87. The van der Waals surface area contributed by atoms with Crippen molar-refractivity contribution in [2.75, 3.05) is 6.61 Å². The topological polar surface area (TPSA) is 46.5 Å². The second-order valence-electron chi connectivity index (χ2n) is 4.72. The van der Waals surface area contributed by atoms with Gasteiger partial charge in [-0.2, -0.15) is 0 Å². The van der Waals surface area contributed by atoms with Gasteiger partial charge in [0.15, 0.2) is 0 Å². The zero-order valence-corrected chi connectivity index (χ0v) is 11.9. The van der Waals surface area contributed by atoms with Crippen LogP contribution < -0.4 is 0 Å². The molecule has 0 aromatic carbocycles. The zero-order valence-electron chi connectivity index (χ0n) is 11.9. The van der Waals surface area contributed by atoms with Gasteiger partial charge in [-0.15, -0.1) is 0 Å². The Morgan fingerprint density at radius 2 is 1.78 bits per heavy atom. The van der Waals surface area contributed by atoms with Crippen molar-refractivity contribution >= 4 is 5.97 Å². The lowest BCUT2D eigenvalue weighted by Crippen LogP contribution is -2.08. The van der Waals surface area contributed by atoms with Crippen molar-refractivity contribution in [3.63, 3.8) is 0 Å². The van der Waals surface area contributed by atoms with Crippen LogP contribution in [0.1, 0.15) is 65.2 Å². The number of hydrogen-bond donors (Lipinski definition) is 1. The van der Waals surface area contributed by atoms with E-state index in [1.54, 1.807) is 6.92 Å². The van der Waals surface area contributed by atoms with Crippen molar-refractivity contribution in [3.8, 4) is 0 Å². The van der Waals surface area contributed by atoms with Crippen LogP contribution in [0.4, 0.5) is 0 Å². The Balaban J connectivity index is 3.49. The van der Waals surface area contributed by atoms with E-state index >= 15 is 0 Å². The third kappa shape index (κ3) is 9.23. The smallest absolute Gasteiger partial charge is 0.333 e. The van der Waals surface area contributed by atoms with Crippen LogP contribution in [0, 0.1) is 0 Å². The average molecular weight is 256 g/mol. The molecule has 18 heavy (non-hydrogen) atoms. The molecule has 0 radical (unpaired) electrons. The monoisotopic (exact) mass is 256 g/mol. The first-order chi connectivity index (χ1) is 8.61. The van der Waals surface area contributed by atoms with E-state index in [-0.39, 0.29) is 12.1 Å². The van der Waals surface area contributed by atoms with Gasteiger partial charge in [0.05, 0.1) is 12.7 Å². The Morgan fingerprint density at radius 3 is 2.33 bits per heavy atom. The molecule has 0 unspecified atom stereocenters. The van der Waals surface area contributed by atoms with E-state index in [0.29, 0.717) is 18.6 Å². The Bertz CT molecular complexity index is 236. The van der Waals surface area contributed by atoms with Crippen molar-refractivity contribution in [1.82, 2.24) is 0 Å². The lowest BCUT2D eigenvalue weighted by molar-refractivity contribution is -0.138. The molecule has 0 saturated carbocycles. The maximum absolute atomic E-state index is 11.3. The molecule has 0 fully saturated rings. The van der Waals surface area contributed by atoms with Crippen LogP contribution in [0.15, 0.2) is 12.2 Å². The van der Waals surface area contributed by atoms with Crippen LogP contribution >= 0.6 is 0 Å². The summed E-state index contributed by atoms with van der Waals surface area (Å²) in [6.45, 7) is 8.06. The molecule has 1 atom stereocenters. The first kappa shape index (κ1) is 17.2. The second kappa shape index (κ2) is 11.3. The van der Waals surface area contributed by atoms with Gasteiger partial charge in [0, 0.05) is 5.57 Å². The highest BCUT2D eigenvalue weighted by Gasteiger charge is 2.08. The molecule has 0 rings (SSSR count). The SMILES string of the molecule is C=C(CCCC[C@H](O)CCCCC)C(=O)OCC. The fraction of sp³-hybridized carbons (Fsp3) is 0.800. The van der Waals surface area contributed by atoms with Gasteiger partial charge in [0.25, 0.3) is 0 Å². The van der Waals surface area contributed by atoms with E-state index in [4.69, 9.17) is 4.74 Å². The minimum Gasteiger partial charge on any atom is -0.463 e. The maximum atomic E-state index is 11.3. The molecule has 0 amide bonds. The summed E-state index contributed by atoms with van der Waals surface area (Å²) in [6.07, 6.45) is 7.50. The van der Waals surface area contributed by atoms with Crippen molar-refractivity contribution in [1.29, 1.82) is 0 Å². The number of unbranched alkanes of at least 4 members (excludes halogenated alkanes) is 3. The molecule has 0 aliphatic heterocycles. The molecule has 1 N–H and O–H groups in total. The van der Waals surface area contributed by atoms with E-state index in [2.05, 4.69) is 13.5 Å².